The molecule has 0 unspecified atom stereocenters. The van der Waals surface area contributed by atoms with Crippen LogP contribution < -0.4 is 20.1 Å². The molecule has 11 heteroatoms. The quantitative estimate of drug-likeness (QED) is 0.207. The molecule has 1 amide bonds. The Kier molecular flexibility index (Phi) is 9.58. The number of nitrogens with one attached hydrogen (secondary N) is 2. The molecule has 0 aliphatic carbocycles. The molecule has 0 aliphatic heterocycles. The van der Waals surface area contributed by atoms with E-state index in [-0.39, 0.29) is 12.5 Å². The lowest BCUT2D eigenvalue weighted by molar-refractivity contribution is -0.123. The van der Waals surface area contributed by atoms with E-state index in [1.54, 1.807) is 41.9 Å². The minimum Gasteiger partial charge on any atom is -0.497 e. The van der Waals surface area contributed by atoms with Crippen molar-refractivity contribution in [2.75, 3.05) is 51.1 Å². The van der Waals surface area contributed by atoms with E-state index >= 15 is 0 Å². The lowest BCUT2D eigenvalue weighted by Gasteiger charge is -2.10. The number of nitrogens with zero attached hydrogens (tertiary/aromatic N) is 4. The number of benzene rings is 1. The molecule has 0 fully saturated rings. The molecular weight excluding hydrogens is 444 g/mol. The van der Waals surface area contributed by atoms with Crippen LogP contribution in [0.4, 0.5) is 5.82 Å². The maximum Gasteiger partial charge on any atom is 0.258 e. The number of methoxy groups -OCH3 is 1. The predicted molar refractivity (Wildman–Crippen MR) is 128 cm³/mol. The minimum atomic E-state index is -0.218. The second-order valence-electron chi connectivity index (χ2n) is 6.83. The normalized spacial score (nSPS) is 10.9. The van der Waals surface area contributed by atoms with Crippen molar-refractivity contribution in [3.63, 3.8) is 0 Å². The van der Waals surface area contributed by atoms with Crippen molar-refractivity contribution in [1.29, 1.82) is 0 Å². The van der Waals surface area contributed by atoms with E-state index in [9.17, 15) is 4.79 Å². The van der Waals surface area contributed by atoms with E-state index in [0.29, 0.717) is 49.5 Å². The van der Waals surface area contributed by atoms with Crippen LogP contribution in [0, 0.1) is 0 Å². The third-order valence-corrected chi connectivity index (χ3v) is 5.28. The Morgan fingerprint density at radius 1 is 1.18 bits per heavy atom. The molecule has 0 radical (unpaired) electrons. The molecule has 178 valence electrons. The zero-order valence-electron chi connectivity index (χ0n) is 19.2. The molecule has 0 saturated heterocycles. The van der Waals surface area contributed by atoms with Crippen LogP contribution in [-0.4, -0.2) is 71.4 Å². The van der Waals surface area contributed by atoms with E-state index in [2.05, 4.69) is 32.6 Å². The van der Waals surface area contributed by atoms with Crippen LogP contribution in [0.15, 0.2) is 35.6 Å². The lowest BCUT2D eigenvalue weighted by atomic mass is 10.3. The van der Waals surface area contributed by atoms with Crippen molar-refractivity contribution < 1.29 is 19.0 Å². The summed E-state index contributed by atoms with van der Waals surface area (Å²) in [5.74, 6) is 2.63. The number of thioether (sulfide) groups is 1. The molecule has 1 aromatic carbocycles. The Labute approximate surface area is 197 Å². The summed E-state index contributed by atoms with van der Waals surface area (Å²) in [5, 5.41) is 12.1. The van der Waals surface area contributed by atoms with Crippen LogP contribution >= 0.6 is 11.8 Å². The van der Waals surface area contributed by atoms with Gasteiger partial charge in [-0.05, 0) is 24.8 Å². The fourth-order valence-corrected chi connectivity index (χ4v) is 3.57. The van der Waals surface area contributed by atoms with Crippen molar-refractivity contribution >= 4 is 34.5 Å². The summed E-state index contributed by atoms with van der Waals surface area (Å²) in [7, 11) is 1.58. The molecule has 10 nitrogen and oxygen atoms in total. The molecule has 2 N–H and O–H groups in total. The van der Waals surface area contributed by atoms with Crippen molar-refractivity contribution in [3.05, 3.63) is 30.5 Å². The summed E-state index contributed by atoms with van der Waals surface area (Å²) in [6.45, 7) is 6.71. The standard InChI is InChI=1S/C22H30N6O4S/c1-4-31-12-10-24-20-18-14-25-28(21(18)27-22(26-20)33-5-2)11-9-23-19(29)15-32-17-8-6-7-16(13-17)30-3/h6-8,13-14H,4-5,9-12,15H2,1-3H3,(H,23,29)(H,24,26,27). The summed E-state index contributed by atoms with van der Waals surface area (Å²) in [6.07, 6.45) is 1.74. The predicted octanol–water partition coefficient (Wildman–Crippen LogP) is 2.59. The number of aromatic nitrogens is 4. The molecule has 0 aliphatic rings. The van der Waals surface area contributed by atoms with Crippen molar-refractivity contribution in [3.8, 4) is 11.5 Å². The van der Waals surface area contributed by atoms with Gasteiger partial charge in [0.1, 0.15) is 17.3 Å². The van der Waals surface area contributed by atoms with Gasteiger partial charge in [-0.3, -0.25) is 4.79 Å². The third-order valence-electron chi connectivity index (χ3n) is 4.55. The Hall–Kier alpha value is -3.05. The Morgan fingerprint density at radius 3 is 2.82 bits per heavy atom. The molecule has 3 aromatic rings. The van der Waals surface area contributed by atoms with E-state index < -0.39 is 0 Å². The number of carbonyl (C=O) groups excluding carboxylic acids is 1. The average molecular weight is 475 g/mol. The summed E-state index contributed by atoms with van der Waals surface area (Å²) in [4.78, 5) is 21.4. The maximum atomic E-state index is 12.2. The number of ether oxygens (including phenoxy) is 3. The van der Waals surface area contributed by atoms with Gasteiger partial charge in [-0.25, -0.2) is 14.6 Å². The largest absolute Gasteiger partial charge is 0.497 e. The van der Waals surface area contributed by atoms with E-state index in [1.165, 1.54) is 0 Å². The first-order valence-electron chi connectivity index (χ1n) is 10.9. The molecule has 2 aromatic heterocycles. The Morgan fingerprint density at radius 2 is 2.03 bits per heavy atom. The monoisotopic (exact) mass is 474 g/mol. The van der Waals surface area contributed by atoms with Gasteiger partial charge in [-0.1, -0.05) is 24.8 Å². The summed E-state index contributed by atoms with van der Waals surface area (Å²) in [6, 6.07) is 7.13. The first-order valence-corrected chi connectivity index (χ1v) is 11.8. The summed E-state index contributed by atoms with van der Waals surface area (Å²) < 4.78 is 17.8. The lowest BCUT2D eigenvalue weighted by Crippen LogP contribution is -2.31. The first kappa shape index (κ1) is 24.6. The van der Waals surface area contributed by atoms with Crippen molar-refractivity contribution in [1.82, 2.24) is 25.1 Å². The maximum absolute atomic E-state index is 12.2. The van der Waals surface area contributed by atoms with Gasteiger partial charge in [-0.2, -0.15) is 5.10 Å². The zero-order valence-corrected chi connectivity index (χ0v) is 20.0. The fourth-order valence-electron chi connectivity index (χ4n) is 3.01. The average Bonchev–Trinajstić information content (AvgIpc) is 3.24. The molecule has 3 rings (SSSR count). The fraction of sp³-hybridized carbons (Fsp3) is 0.455. The summed E-state index contributed by atoms with van der Waals surface area (Å²) >= 11 is 1.57. The van der Waals surface area contributed by atoms with Crippen molar-refractivity contribution in [2.24, 2.45) is 0 Å². The minimum absolute atomic E-state index is 0.0830. The van der Waals surface area contributed by atoms with Gasteiger partial charge >= 0.3 is 0 Å². The highest BCUT2D eigenvalue weighted by atomic mass is 32.2. The molecule has 0 saturated carbocycles. The topological polar surface area (TPSA) is 112 Å². The van der Waals surface area contributed by atoms with Gasteiger partial charge in [-0.15, -0.1) is 0 Å². The Balaban J connectivity index is 1.57. The summed E-state index contributed by atoms with van der Waals surface area (Å²) in [5.41, 5.74) is 0.724. The van der Waals surface area contributed by atoms with Crippen LogP contribution in [0.3, 0.4) is 0 Å². The number of fused-ring (bicyclic) bond motifs is 1. The molecule has 33 heavy (non-hydrogen) atoms. The smallest absolute Gasteiger partial charge is 0.258 e. The van der Waals surface area contributed by atoms with E-state index in [0.717, 1.165) is 22.6 Å². The Bertz CT molecular complexity index is 1040. The van der Waals surface area contributed by atoms with Gasteiger partial charge in [0.2, 0.25) is 0 Å². The van der Waals surface area contributed by atoms with Crippen molar-refractivity contribution in [2.45, 2.75) is 25.5 Å². The van der Waals surface area contributed by atoms with Gasteiger partial charge in [0, 0.05) is 25.8 Å². The number of hydrogen-bond donors (Lipinski definition) is 2. The SMILES string of the molecule is CCOCCNc1nc(SCC)nc2c1cnn2CCNC(=O)COc1cccc(OC)c1. The van der Waals surface area contributed by atoms with E-state index in [4.69, 9.17) is 14.2 Å². The van der Waals surface area contributed by atoms with Crippen LogP contribution in [0.2, 0.25) is 0 Å². The van der Waals surface area contributed by atoms with Gasteiger partial charge < -0.3 is 24.8 Å². The van der Waals surface area contributed by atoms with Crippen LogP contribution in [0.25, 0.3) is 11.0 Å². The molecular formula is C22H30N6O4S. The number of hydrogen-bond acceptors (Lipinski definition) is 9. The van der Waals surface area contributed by atoms with Crippen LogP contribution in [0.1, 0.15) is 13.8 Å². The zero-order chi connectivity index (χ0) is 23.5. The third kappa shape index (κ3) is 7.22. The second-order valence-corrected chi connectivity index (χ2v) is 8.07. The number of rotatable bonds is 14. The van der Waals surface area contributed by atoms with Gasteiger partial charge in [0.05, 0.1) is 31.8 Å². The van der Waals surface area contributed by atoms with E-state index in [1.807, 2.05) is 19.1 Å². The van der Waals surface area contributed by atoms with Gasteiger partial charge in [0.25, 0.3) is 5.91 Å². The molecule has 0 bridgehead atoms. The second kappa shape index (κ2) is 12.9. The number of anilines is 1. The van der Waals surface area contributed by atoms with Crippen LogP contribution in [0.5, 0.6) is 11.5 Å². The highest BCUT2D eigenvalue weighted by Gasteiger charge is 2.13. The molecule has 2 heterocycles. The highest BCUT2D eigenvalue weighted by molar-refractivity contribution is 7.99. The van der Waals surface area contributed by atoms with Crippen LogP contribution in [-0.2, 0) is 16.1 Å². The first-order chi connectivity index (χ1) is 16.1. The number of amides is 1. The number of carbonyl (C=O) groups is 1. The molecule has 0 spiro atoms. The molecule has 0 atom stereocenters. The highest BCUT2D eigenvalue weighted by Crippen LogP contribution is 2.24. The van der Waals surface area contributed by atoms with Gasteiger partial charge in [0.15, 0.2) is 17.4 Å².